The standard InChI is InChI=1S/C70H102N4O21/c1-15-67(10,16-2)58(80)46(29-23-24-33-71-51(77)32-34-88-37-38-89-36-35-87-14)72-52(78)31-30-47(74(12)13)62(83)92-56(54(44-25-19-17-20-26-44)73-64(85)95-65(5,6)7)63(84)91-48-40-70(86)60(93-61(82)45-27-21-18-22-28-45)57-68(11,59(81)55(79)53(42(48)3)66(70,8)9)49(76)39-50-69(57,41-90-50)94-43(4)75/h17-22,25-28,46-50,54-57,60,76,79,86H,15-16,23-24,29-41H2,1-14H3,(H,71,77)(H,72,78)(H,73,85)/t46?,47-,48-,49-,50+,54-,55+,56+,57-,60-,68+,69-,70+/m0/s1. The smallest absolute Gasteiger partial charge is 0.408 e. The lowest BCUT2D eigenvalue weighted by Gasteiger charge is -2.67. The molecular weight excluding hydrogens is 1230 g/mol. The van der Waals surface area contributed by atoms with Gasteiger partial charge in [-0.05, 0) is 116 Å². The molecule has 2 saturated carbocycles. The number of ether oxygens (including phenoxy) is 9. The van der Waals surface area contributed by atoms with E-state index in [9.17, 15) is 44.1 Å². The number of Topliss-reactive ketones (excluding diaryl/α,β-unsaturated/α-hetero) is 2. The molecule has 0 spiro atoms. The number of rotatable bonds is 33. The second kappa shape index (κ2) is 33.0. The van der Waals surface area contributed by atoms with Gasteiger partial charge in [0.05, 0.1) is 68.7 Å². The lowest BCUT2D eigenvalue weighted by atomic mass is 9.44. The molecule has 13 atom stereocenters. The Morgan fingerprint density at radius 2 is 1.41 bits per heavy atom. The maximum absolute atomic E-state index is 15.7. The van der Waals surface area contributed by atoms with Crippen LogP contribution >= 0.6 is 0 Å². The Kier molecular flexibility index (Phi) is 26.9. The minimum atomic E-state index is -2.52. The fraction of sp³-hybridized carbons (Fsp3) is 0.671. The molecule has 6 N–H and O–H groups in total. The SMILES string of the molecule is CCC(C)(CC)C(=O)C(CCCCNC(=O)CCOCCOCCOC)NC(=O)CC[C@@H](C(=O)O[C@@H](C(=O)O[C@H]1C[C@@]2(O)[C@@H](OC(=O)c3ccccc3)[C@@H]3[C@]4(OC(C)=O)CO[C@@H]4C[C@H](O)[C@@]3(C)C(=O)[C@H](O)C(=C1C)C2(C)C)[C@@H](NC(=O)OC(C)(C)C)c1ccccc1)N(C)C. The molecule has 25 nitrogen and oxygen atoms in total. The van der Waals surface area contributed by atoms with Gasteiger partial charge in [0.15, 0.2) is 17.2 Å². The molecule has 4 aliphatic rings. The number of methoxy groups -OCH3 is 1. The van der Waals surface area contributed by atoms with Gasteiger partial charge in [-0.25, -0.2) is 14.4 Å². The molecule has 2 bridgehead atoms. The first-order valence-corrected chi connectivity index (χ1v) is 33.0. The van der Waals surface area contributed by atoms with E-state index in [0.717, 1.165) is 6.92 Å². The van der Waals surface area contributed by atoms with Crippen molar-refractivity contribution in [3.63, 3.8) is 0 Å². The molecule has 6 rings (SSSR count). The number of carbonyl (C=O) groups is 9. The number of amides is 3. The Balaban J connectivity index is 1.33. The van der Waals surface area contributed by atoms with Crippen molar-refractivity contribution in [2.75, 3.05) is 67.4 Å². The zero-order chi connectivity index (χ0) is 70.4. The molecule has 3 fully saturated rings. The molecule has 1 unspecified atom stereocenters. The van der Waals surface area contributed by atoms with Crippen LogP contribution in [0.5, 0.6) is 0 Å². The number of unbranched alkanes of at least 4 members (excludes halogenated alkanes) is 1. The van der Waals surface area contributed by atoms with E-state index in [1.165, 1.54) is 44.7 Å². The van der Waals surface area contributed by atoms with Crippen LogP contribution < -0.4 is 16.0 Å². The van der Waals surface area contributed by atoms with Gasteiger partial charge in [-0.15, -0.1) is 0 Å². The molecule has 1 saturated heterocycles. The van der Waals surface area contributed by atoms with E-state index in [2.05, 4.69) is 16.0 Å². The molecule has 1 heterocycles. The van der Waals surface area contributed by atoms with E-state index in [-0.39, 0.29) is 79.3 Å². The third-order valence-electron chi connectivity index (χ3n) is 19.7. The first-order valence-electron chi connectivity index (χ1n) is 33.0. The van der Waals surface area contributed by atoms with Crippen molar-refractivity contribution in [1.82, 2.24) is 20.9 Å². The van der Waals surface area contributed by atoms with E-state index < -0.39 is 142 Å². The van der Waals surface area contributed by atoms with Gasteiger partial charge >= 0.3 is 30.0 Å². The van der Waals surface area contributed by atoms with Crippen LogP contribution in [-0.2, 0) is 76.2 Å². The van der Waals surface area contributed by atoms with Crippen molar-refractivity contribution in [1.29, 1.82) is 0 Å². The Hall–Kier alpha value is -6.71. The van der Waals surface area contributed by atoms with Crippen molar-refractivity contribution in [2.45, 2.75) is 212 Å². The van der Waals surface area contributed by atoms with Gasteiger partial charge in [0.1, 0.15) is 47.7 Å². The molecule has 2 aromatic rings. The summed E-state index contributed by atoms with van der Waals surface area (Å²) >= 11 is 0. The zero-order valence-electron chi connectivity index (χ0n) is 57.7. The number of likely N-dealkylation sites (N-methyl/N-ethyl adjacent to an activating group) is 1. The van der Waals surface area contributed by atoms with Gasteiger partial charge in [0.2, 0.25) is 17.9 Å². The van der Waals surface area contributed by atoms with Crippen LogP contribution in [0.2, 0.25) is 0 Å². The van der Waals surface area contributed by atoms with E-state index in [1.807, 2.05) is 20.8 Å². The second-order valence-corrected chi connectivity index (χ2v) is 27.6. The highest BCUT2D eigenvalue weighted by atomic mass is 16.6. The second-order valence-electron chi connectivity index (χ2n) is 27.6. The van der Waals surface area contributed by atoms with E-state index >= 15 is 14.4 Å². The monoisotopic (exact) mass is 1330 g/mol. The number of ketones is 2. The average Bonchev–Trinajstić information content (AvgIpc) is 0.671. The molecular formula is C70H102N4O21. The van der Waals surface area contributed by atoms with E-state index in [0.29, 0.717) is 58.7 Å². The van der Waals surface area contributed by atoms with Crippen LogP contribution in [0.4, 0.5) is 4.79 Å². The molecule has 0 aromatic heterocycles. The molecule has 1 aliphatic heterocycles. The maximum Gasteiger partial charge on any atom is 0.408 e. The van der Waals surface area contributed by atoms with Gasteiger partial charge in [-0.3, -0.25) is 33.7 Å². The number of esters is 4. The number of fused-ring (bicyclic) bond motifs is 5. The van der Waals surface area contributed by atoms with E-state index in [4.69, 9.17) is 42.6 Å². The number of aliphatic hydroxyl groups excluding tert-OH is 2. The molecule has 25 heteroatoms. The third-order valence-corrected chi connectivity index (χ3v) is 19.7. The summed E-state index contributed by atoms with van der Waals surface area (Å²) in [6.07, 6.45) is -10.7. The van der Waals surface area contributed by atoms with Crippen molar-refractivity contribution >= 4 is 53.4 Å². The van der Waals surface area contributed by atoms with Crippen molar-refractivity contribution in [3.05, 3.63) is 82.9 Å². The van der Waals surface area contributed by atoms with Gasteiger partial charge in [-0.2, -0.15) is 0 Å². The number of alkyl carbamates (subject to hydrolysis) is 1. The summed E-state index contributed by atoms with van der Waals surface area (Å²) < 4.78 is 52.8. The van der Waals surface area contributed by atoms with Gasteiger partial charge < -0.3 is 73.9 Å². The molecule has 95 heavy (non-hydrogen) atoms. The number of hydrogen-bond acceptors (Lipinski definition) is 22. The first-order chi connectivity index (χ1) is 44.7. The number of hydrogen-bond donors (Lipinski definition) is 6. The Labute approximate surface area is 557 Å². The first kappa shape index (κ1) is 77.3. The van der Waals surface area contributed by atoms with Gasteiger partial charge in [-0.1, -0.05) is 83.1 Å². The van der Waals surface area contributed by atoms with Crippen molar-refractivity contribution in [2.24, 2.45) is 22.2 Å². The topological polar surface area (TPSA) is 337 Å². The van der Waals surface area contributed by atoms with Crippen molar-refractivity contribution in [3.8, 4) is 0 Å². The summed E-state index contributed by atoms with van der Waals surface area (Å²) in [7, 11) is 4.68. The van der Waals surface area contributed by atoms with Crippen molar-refractivity contribution < 1.29 is 101 Å². The summed E-state index contributed by atoms with van der Waals surface area (Å²) in [6.45, 7) is 19.3. The summed E-state index contributed by atoms with van der Waals surface area (Å²) in [5.41, 5.74) is -9.98. The fourth-order valence-electron chi connectivity index (χ4n) is 13.7. The van der Waals surface area contributed by atoms with Crippen LogP contribution in [0.25, 0.3) is 0 Å². The molecule has 3 aliphatic carbocycles. The Morgan fingerprint density at radius 1 is 0.789 bits per heavy atom. The minimum absolute atomic E-state index is 0.0205. The predicted molar refractivity (Wildman–Crippen MR) is 345 cm³/mol. The minimum Gasteiger partial charge on any atom is -0.455 e. The predicted octanol–water partition coefficient (Wildman–Crippen LogP) is 5.76. The molecule has 2 aromatic carbocycles. The Morgan fingerprint density at radius 3 is 1.99 bits per heavy atom. The molecule has 3 amide bonds. The van der Waals surface area contributed by atoms with E-state index in [1.54, 1.807) is 90.5 Å². The lowest BCUT2D eigenvalue weighted by molar-refractivity contribution is -0.346. The average molecular weight is 1340 g/mol. The summed E-state index contributed by atoms with van der Waals surface area (Å²) in [6, 6.07) is 12.0. The molecule has 0 radical (unpaired) electrons. The Bertz CT molecular complexity index is 3040. The van der Waals surface area contributed by atoms with Gasteiger partial charge in [0, 0.05) is 57.1 Å². The molecule has 528 valence electrons. The third kappa shape index (κ3) is 17.9. The van der Waals surface area contributed by atoms with Crippen LogP contribution in [-0.4, -0.2) is 206 Å². The number of carbonyl (C=O) groups excluding carboxylic acids is 9. The fourth-order valence-corrected chi connectivity index (χ4v) is 13.7. The van der Waals surface area contributed by atoms with Crippen LogP contribution in [0.15, 0.2) is 71.8 Å². The normalized spacial score (nSPS) is 25.9. The number of benzene rings is 2. The zero-order valence-corrected chi connectivity index (χ0v) is 57.7. The van der Waals surface area contributed by atoms with Crippen LogP contribution in [0.1, 0.15) is 162 Å². The highest BCUT2D eigenvalue weighted by molar-refractivity contribution is 5.95. The van der Waals surface area contributed by atoms with Crippen LogP contribution in [0, 0.1) is 22.2 Å². The van der Waals surface area contributed by atoms with Gasteiger partial charge in [0.25, 0.3) is 0 Å². The number of nitrogens with zero attached hydrogens (tertiary/aromatic N) is 1. The largest absolute Gasteiger partial charge is 0.455 e. The highest BCUT2D eigenvalue weighted by Crippen LogP contribution is 2.64. The quantitative estimate of drug-likeness (QED) is 0.0214. The number of aliphatic hydroxyl groups is 3. The maximum atomic E-state index is 15.7. The lowest BCUT2D eigenvalue weighted by Crippen LogP contribution is -2.81. The highest BCUT2D eigenvalue weighted by Gasteiger charge is 2.78. The number of nitrogens with one attached hydrogen (secondary N) is 3. The van der Waals surface area contributed by atoms with Crippen LogP contribution in [0.3, 0.4) is 0 Å². The summed E-state index contributed by atoms with van der Waals surface area (Å²) in [5.74, 6) is -7.75. The summed E-state index contributed by atoms with van der Waals surface area (Å²) in [5, 5.41) is 47.3. The summed E-state index contributed by atoms with van der Waals surface area (Å²) in [4.78, 5) is 130.